The molecule has 6 nitrogen and oxygen atoms in total. The molecule has 0 radical (unpaired) electrons. The van der Waals surface area contributed by atoms with E-state index in [-0.39, 0.29) is 27.7 Å². The molecule has 0 spiro atoms. The van der Waals surface area contributed by atoms with E-state index in [4.69, 9.17) is 0 Å². The van der Waals surface area contributed by atoms with Gasteiger partial charge in [-0.2, -0.15) is 13.2 Å². The predicted octanol–water partition coefficient (Wildman–Crippen LogP) is 4.79. The maximum Gasteiger partial charge on any atom is 0.416 e. The fourth-order valence-electron chi connectivity index (χ4n) is 3.63. The third-order valence-electron chi connectivity index (χ3n) is 5.31. The normalized spacial score (nSPS) is 14.5. The van der Waals surface area contributed by atoms with Gasteiger partial charge in [-0.25, -0.2) is 21.2 Å². The Balaban J connectivity index is 1.66. The van der Waals surface area contributed by atoms with Gasteiger partial charge in [0.1, 0.15) is 5.82 Å². The quantitative estimate of drug-likeness (QED) is 0.497. The second kappa shape index (κ2) is 8.58. The highest BCUT2D eigenvalue weighted by atomic mass is 32.2. The van der Waals surface area contributed by atoms with Gasteiger partial charge in [0.05, 0.1) is 26.7 Å². The smallest absolute Gasteiger partial charge is 0.280 e. The molecule has 0 atom stereocenters. The first-order chi connectivity index (χ1) is 15.9. The molecule has 0 bridgehead atoms. The molecule has 1 aliphatic rings. The number of fused-ring (bicyclic) bond motifs is 1. The molecule has 1 aliphatic heterocycles. The van der Waals surface area contributed by atoms with Gasteiger partial charge in [0.2, 0.25) is 0 Å². The van der Waals surface area contributed by atoms with Crippen LogP contribution in [0.3, 0.4) is 0 Å². The third kappa shape index (κ3) is 4.73. The van der Waals surface area contributed by atoms with Crippen molar-refractivity contribution in [2.45, 2.75) is 28.8 Å². The van der Waals surface area contributed by atoms with Gasteiger partial charge >= 0.3 is 6.18 Å². The molecule has 1 heterocycles. The van der Waals surface area contributed by atoms with Crippen molar-refractivity contribution in [1.82, 2.24) is 0 Å². The second-order valence-electron chi connectivity index (χ2n) is 7.61. The van der Waals surface area contributed by atoms with Crippen molar-refractivity contribution < 1.29 is 34.4 Å². The van der Waals surface area contributed by atoms with Gasteiger partial charge in [0.25, 0.3) is 20.0 Å². The van der Waals surface area contributed by atoms with Crippen LogP contribution in [0.25, 0.3) is 0 Å². The summed E-state index contributed by atoms with van der Waals surface area (Å²) in [6, 6.07) is 11.8. The highest BCUT2D eigenvalue weighted by molar-refractivity contribution is 7.93. The summed E-state index contributed by atoms with van der Waals surface area (Å²) < 4.78 is 107. The van der Waals surface area contributed by atoms with Crippen LogP contribution < -0.4 is 9.03 Å². The topological polar surface area (TPSA) is 83.6 Å². The molecule has 0 saturated carbocycles. The number of rotatable bonds is 5. The Hall–Kier alpha value is -3.12. The molecule has 0 unspecified atom stereocenters. The SMILES string of the molecule is O=S(=O)(Nc1ccc2c(c1)N(S(=O)(=O)c1ccc(F)cc1)CCC2)c1ccc(C(F)(F)F)cc1. The van der Waals surface area contributed by atoms with Crippen molar-refractivity contribution in [2.24, 2.45) is 0 Å². The van der Waals surface area contributed by atoms with Crippen molar-refractivity contribution in [1.29, 1.82) is 0 Å². The Bertz CT molecular complexity index is 1420. The number of aryl methyl sites for hydroxylation is 1. The van der Waals surface area contributed by atoms with Crippen molar-refractivity contribution in [2.75, 3.05) is 15.6 Å². The molecule has 4 rings (SSSR count). The van der Waals surface area contributed by atoms with Crippen LogP contribution in [0.1, 0.15) is 17.5 Å². The van der Waals surface area contributed by atoms with E-state index in [9.17, 15) is 34.4 Å². The monoisotopic (exact) mass is 514 g/mol. The molecule has 0 amide bonds. The lowest BCUT2D eigenvalue weighted by Gasteiger charge is -2.31. The molecule has 12 heteroatoms. The Morgan fingerprint density at radius 2 is 1.44 bits per heavy atom. The summed E-state index contributed by atoms with van der Waals surface area (Å²) in [5, 5.41) is 0. The second-order valence-corrected chi connectivity index (χ2v) is 11.2. The Labute approximate surface area is 193 Å². The number of nitrogens with one attached hydrogen (secondary N) is 1. The number of hydrogen-bond donors (Lipinski definition) is 1. The number of benzene rings is 3. The number of nitrogens with zero attached hydrogens (tertiary/aromatic N) is 1. The van der Waals surface area contributed by atoms with Crippen molar-refractivity contribution in [3.8, 4) is 0 Å². The van der Waals surface area contributed by atoms with Crippen LogP contribution in [0, 0.1) is 5.82 Å². The van der Waals surface area contributed by atoms with Crippen LogP contribution in [0.5, 0.6) is 0 Å². The summed E-state index contributed by atoms with van der Waals surface area (Å²) >= 11 is 0. The fraction of sp³-hybridized carbons (Fsp3) is 0.182. The number of hydrogen-bond acceptors (Lipinski definition) is 4. The lowest BCUT2D eigenvalue weighted by molar-refractivity contribution is -0.137. The number of sulfonamides is 2. The zero-order chi connectivity index (χ0) is 24.7. The van der Waals surface area contributed by atoms with Crippen LogP contribution in [0.2, 0.25) is 0 Å². The van der Waals surface area contributed by atoms with E-state index in [0.29, 0.717) is 30.5 Å². The summed E-state index contributed by atoms with van der Waals surface area (Å²) in [4.78, 5) is -0.494. The summed E-state index contributed by atoms with van der Waals surface area (Å²) in [5.74, 6) is -0.585. The van der Waals surface area contributed by atoms with Crippen molar-refractivity contribution in [3.63, 3.8) is 0 Å². The number of alkyl halides is 3. The minimum atomic E-state index is -4.60. The number of anilines is 2. The molecule has 34 heavy (non-hydrogen) atoms. The molecule has 0 fully saturated rings. The third-order valence-corrected chi connectivity index (χ3v) is 8.53. The summed E-state index contributed by atoms with van der Waals surface area (Å²) in [5.41, 5.74) is -0.000615. The molecule has 3 aromatic carbocycles. The number of halogens is 4. The maximum absolute atomic E-state index is 13.3. The fourth-order valence-corrected chi connectivity index (χ4v) is 6.21. The molecule has 0 aromatic heterocycles. The van der Waals surface area contributed by atoms with E-state index in [1.807, 2.05) is 0 Å². The van der Waals surface area contributed by atoms with Gasteiger partial charge in [0.15, 0.2) is 0 Å². The lowest BCUT2D eigenvalue weighted by atomic mass is 10.0. The average molecular weight is 515 g/mol. The molecule has 1 N–H and O–H groups in total. The Morgan fingerprint density at radius 1 is 0.824 bits per heavy atom. The predicted molar refractivity (Wildman–Crippen MR) is 118 cm³/mol. The highest BCUT2D eigenvalue weighted by Crippen LogP contribution is 2.35. The lowest BCUT2D eigenvalue weighted by Crippen LogP contribution is -2.35. The standard InChI is InChI=1S/C22H18F4N2O4S2/c23-17-6-11-20(12-7-17)34(31,32)28-13-1-2-15-3-8-18(14-21(15)28)27-33(29,30)19-9-4-16(5-10-19)22(24,25)26/h3-12,14,27H,1-2,13H2. The van der Waals surface area contributed by atoms with Gasteiger partial charge in [-0.3, -0.25) is 9.03 Å². The van der Waals surface area contributed by atoms with E-state index < -0.39 is 37.6 Å². The molecule has 3 aromatic rings. The summed E-state index contributed by atoms with van der Waals surface area (Å²) in [6.07, 6.45) is -3.51. The van der Waals surface area contributed by atoms with Gasteiger partial charge in [-0.05, 0) is 79.1 Å². The van der Waals surface area contributed by atoms with Crippen molar-refractivity contribution in [3.05, 3.63) is 83.7 Å². The van der Waals surface area contributed by atoms with E-state index in [0.717, 1.165) is 40.7 Å². The van der Waals surface area contributed by atoms with E-state index in [1.54, 1.807) is 6.07 Å². The largest absolute Gasteiger partial charge is 0.416 e. The molecule has 0 aliphatic carbocycles. The van der Waals surface area contributed by atoms with E-state index in [1.165, 1.54) is 12.1 Å². The molecule has 0 saturated heterocycles. The first kappa shape index (κ1) is 24.0. The molecule has 180 valence electrons. The highest BCUT2D eigenvalue weighted by Gasteiger charge is 2.31. The maximum atomic E-state index is 13.3. The van der Waals surface area contributed by atoms with Crippen LogP contribution in [0.4, 0.5) is 28.9 Å². The summed E-state index contributed by atoms with van der Waals surface area (Å²) in [7, 11) is -8.28. The van der Waals surface area contributed by atoms with Crippen molar-refractivity contribution >= 4 is 31.4 Å². The van der Waals surface area contributed by atoms with E-state index in [2.05, 4.69) is 4.72 Å². The van der Waals surface area contributed by atoms with Crippen LogP contribution in [-0.2, 0) is 32.6 Å². The van der Waals surface area contributed by atoms with Crippen LogP contribution >= 0.6 is 0 Å². The first-order valence-electron chi connectivity index (χ1n) is 9.99. The van der Waals surface area contributed by atoms with Gasteiger partial charge in [0, 0.05) is 6.54 Å². The minimum Gasteiger partial charge on any atom is -0.280 e. The van der Waals surface area contributed by atoms with E-state index >= 15 is 0 Å². The zero-order valence-electron chi connectivity index (χ0n) is 17.4. The molecular formula is C22H18F4N2O4S2. The van der Waals surface area contributed by atoms with Crippen LogP contribution in [-0.4, -0.2) is 23.4 Å². The zero-order valence-corrected chi connectivity index (χ0v) is 19.0. The minimum absolute atomic E-state index is 0.0415. The summed E-state index contributed by atoms with van der Waals surface area (Å²) in [6.45, 7) is 0.141. The first-order valence-corrected chi connectivity index (χ1v) is 12.9. The van der Waals surface area contributed by atoms with Gasteiger partial charge in [-0.15, -0.1) is 0 Å². The van der Waals surface area contributed by atoms with Crippen LogP contribution in [0.15, 0.2) is 76.5 Å². The van der Waals surface area contributed by atoms with Gasteiger partial charge < -0.3 is 0 Å². The van der Waals surface area contributed by atoms with Gasteiger partial charge in [-0.1, -0.05) is 6.07 Å². The average Bonchev–Trinajstić information content (AvgIpc) is 2.78. The Morgan fingerprint density at radius 3 is 2.06 bits per heavy atom. The Kier molecular flexibility index (Phi) is 6.06. The molecular weight excluding hydrogens is 496 g/mol.